The summed E-state index contributed by atoms with van der Waals surface area (Å²) >= 11 is 1.28. The molecule has 1 aromatic heterocycles. The van der Waals surface area contributed by atoms with Crippen molar-refractivity contribution in [1.82, 2.24) is 0 Å². The van der Waals surface area contributed by atoms with Gasteiger partial charge < -0.3 is 10.1 Å². The van der Waals surface area contributed by atoms with E-state index in [2.05, 4.69) is 5.32 Å². The number of carbonyl (C=O) groups is 4. The fraction of sp³-hybridized carbons (Fsp3) is 0.0909. The van der Waals surface area contributed by atoms with Crippen LogP contribution in [-0.4, -0.2) is 30.0 Å². The standard InChI is InChI=1S/C22H17NO5S/c1-14(24)15-6-4-7-16(12-15)23-20(25)13-28-22(27)18-9-3-2-8-17(18)21(26)19-10-5-11-29-19/h2-12H,13H2,1H3,(H,23,25). The highest BCUT2D eigenvalue weighted by Gasteiger charge is 2.20. The fourth-order valence-corrected chi connectivity index (χ4v) is 3.30. The molecular weight excluding hydrogens is 390 g/mol. The van der Waals surface area contributed by atoms with E-state index in [1.807, 2.05) is 0 Å². The summed E-state index contributed by atoms with van der Waals surface area (Å²) in [6.07, 6.45) is 0. The molecule has 0 bridgehead atoms. The Hall–Kier alpha value is -3.58. The summed E-state index contributed by atoms with van der Waals surface area (Å²) in [6.45, 7) is 0.905. The lowest BCUT2D eigenvalue weighted by Gasteiger charge is -2.09. The first-order valence-corrected chi connectivity index (χ1v) is 9.59. The molecule has 3 aromatic rings. The van der Waals surface area contributed by atoms with Crippen LogP contribution >= 0.6 is 11.3 Å². The Kier molecular flexibility index (Phi) is 6.31. The number of benzene rings is 2. The first-order valence-electron chi connectivity index (χ1n) is 8.71. The maximum atomic E-state index is 12.6. The summed E-state index contributed by atoms with van der Waals surface area (Å²) in [6, 6.07) is 16.2. The smallest absolute Gasteiger partial charge is 0.339 e. The van der Waals surface area contributed by atoms with Crippen LogP contribution in [0.1, 0.15) is 42.9 Å². The van der Waals surface area contributed by atoms with Crippen molar-refractivity contribution in [3.8, 4) is 0 Å². The molecule has 0 saturated carbocycles. The molecule has 2 aromatic carbocycles. The summed E-state index contributed by atoms with van der Waals surface area (Å²) in [5.74, 6) is -1.73. The minimum Gasteiger partial charge on any atom is -0.452 e. The fourth-order valence-electron chi connectivity index (χ4n) is 2.62. The first-order chi connectivity index (χ1) is 14.0. The van der Waals surface area contributed by atoms with E-state index in [0.29, 0.717) is 16.1 Å². The number of rotatable bonds is 7. The zero-order valence-electron chi connectivity index (χ0n) is 15.5. The third-order valence-corrected chi connectivity index (χ3v) is 4.89. The van der Waals surface area contributed by atoms with Crippen molar-refractivity contribution in [2.75, 3.05) is 11.9 Å². The summed E-state index contributed by atoms with van der Waals surface area (Å²) < 4.78 is 5.08. The van der Waals surface area contributed by atoms with E-state index in [-0.39, 0.29) is 22.7 Å². The van der Waals surface area contributed by atoms with E-state index in [1.165, 1.54) is 30.4 Å². The molecule has 3 rings (SSSR count). The SMILES string of the molecule is CC(=O)c1cccc(NC(=O)COC(=O)c2ccccc2C(=O)c2cccs2)c1. The summed E-state index contributed by atoms with van der Waals surface area (Å²) in [5.41, 5.74) is 1.19. The quantitative estimate of drug-likeness (QED) is 0.473. The van der Waals surface area contributed by atoms with Gasteiger partial charge in [-0.15, -0.1) is 11.3 Å². The van der Waals surface area contributed by atoms with Crippen LogP contribution in [0.5, 0.6) is 0 Å². The molecule has 7 heteroatoms. The monoisotopic (exact) mass is 407 g/mol. The number of carbonyl (C=O) groups excluding carboxylic acids is 4. The third kappa shape index (κ3) is 5.03. The number of Topliss-reactive ketones (excluding diaryl/α,β-unsaturated/α-hetero) is 1. The van der Waals surface area contributed by atoms with Crippen LogP contribution in [0.15, 0.2) is 66.0 Å². The van der Waals surface area contributed by atoms with E-state index in [4.69, 9.17) is 4.74 Å². The average molecular weight is 407 g/mol. The maximum Gasteiger partial charge on any atom is 0.339 e. The zero-order valence-corrected chi connectivity index (χ0v) is 16.3. The lowest BCUT2D eigenvalue weighted by molar-refractivity contribution is -0.119. The van der Waals surface area contributed by atoms with E-state index < -0.39 is 18.5 Å². The van der Waals surface area contributed by atoms with Crippen molar-refractivity contribution in [2.45, 2.75) is 6.92 Å². The largest absolute Gasteiger partial charge is 0.452 e. The van der Waals surface area contributed by atoms with Gasteiger partial charge >= 0.3 is 5.97 Å². The highest BCUT2D eigenvalue weighted by atomic mass is 32.1. The van der Waals surface area contributed by atoms with Gasteiger partial charge in [0, 0.05) is 16.8 Å². The van der Waals surface area contributed by atoms with Crippen molar-refractivity contribution in [1.29, 1.82) is 0 Å². The number of nitrogens with one attached hydrogen (secondary N) is 1. The van der Waals surface area contributed by atoms with Gasteiger partial charge in [0.1, 0.15) is 0 Å². The van der Waals surface area contributed by atoms with Gasteiger partial charge in [-0.2, -0.15) is 0 Å². The van der Waals surface area contributed by atoms with E-state index in [1.54, 1.807) is 53.9 Å². The third-order valence-electron chi connectivity index (χ3n) is 4.02. The molecule has 0 fully saturated rings. The highest BCUT2D eigenvalue weighted by Crippen LogP contribution is 2.19. The van der Waals surface area contributed by atoms with Crippen LogP contribution in [0.2, 0.25) is 0 Å². The average Bonchev–Trinajstić information content (AvgIpc) is 3.26. The molecule has 0 atom stereocenters. The van der Waals surface area contributed by atoms with Crippen molar-refractivity contribution in [3.05, 3.63) is 87.6 Å². The van der Waals surface area contributed by atoms with Gasteiger partial charge in [-0.3, -0.25) is 14.4 Å². The normalized spacial score (nSPS) is 10.2. The molecule has 0 spiro atoms. The number of thiophene rings is 1. The molecular formula is C22H17NO5S. The predicted molar refractivity (Wildman–Crippen MR) is 110 cm³/mol. The van der Waals surface area contributed by atoms with Crippen LogP contribution in [0, 0.1) is 0 Å². The zero-order chi connectivity index (χ0) is 20.8. The van der Waals surface area contributed by atoms with Crippen LogP contribution < -0.4 is 5.32 Å². The van der Waals surface area contributed by atoms with Gasteiger partial charge in [-0.05, 0) is 36.6 Å². The van der Waals surface area contributed by atoms with Gasteiger partial charge in [0.15, 0.2) is 12.4 Å². The van der Waals surface area contributed by atoms with Crippen molar-refractivity contribution < 1.29 is 23.9 Å². The molecule has 0 unspecified atom stereocenters. The van der Waals surface area contributed by atoms with Crippen molar-refractivity contribution in [2.24, 2.45) is 0 Å². The van der Waals surface area contributed by atoms with Crippen molar-refractivity contribution >= 4 is 40.5 Å². The minimum atomic E-state index is -0.766. The topological polar surface area (TPSA) is 89.5 Å². The second-order valence-electron chi connectivity index (χ2n) is 6.11. The summed E-state index contributed by atoms with van der Waals surface area (Å²) in [5, 5.41) is 4.35. The summed E-state index contributed by atoms with van der Waals surface area (Å²) in [7, 11) is 0. The van der Waals surface area contributed by atoms with E-state index in [0.717, 1.165) is 0 Å². The second-order valence-corrected chi connectivity index (χ2v) is 7.06. The molecule has 0 aliphatic heterocycles. The van der Waals surface area contributed by atoms with Crippen LogP contribution in [0.3, 0.4) is 0 Å². The van der Waals surface area contributed by atoms with E-state index in [9.17, 15) is 19.2 Å². The van der Waals surface area contributed by atoms with E-state index >= 15 is 0 Å². The first kappa shape index (κ1) is 20.2. The Morgan fingerprint density at radius 1 is 0.931 bits per heavy atom. The molecule has 0 aliphatic rings. The molecule has 29 heavy (non-hydrogen) atoms. The number of hydrogen-bond donors (Lipinski definition) is 1. The molecule has 6 nitrogen and oxygen atoms in total. The van der Waals surface area contributed by atoms with Crippen LogP contribution in [-0.2, 0) is 9.53 Å². The Labute approximate surface area is 171 Å². The number of ether oxygens (including phenoxy) is 1. The molecule has 0 radical (unpaired) electrons. The van der Waals surface area contributed by atoms with Crippen LogP contribution in [0.4, 0.5) is 5.69 Å². The van der Waals surface area contributed by atoms with Gasteiger partial charge in [0.05, 0.1) is 10.4 Å². The molecule has 1 N–H and O–H groups in total. The Morgan fingerprint density at radius 2 is 1.69 bits per heavy atom. The van der Waals surface area contributed by atoms with Gasteiger partial charge in [-0.1, -0.05) is 36.4 Å². The Morgan fingerprint density at radius 3 is 2.38 bits per heavy atom. The molecule has 0 aliphatic carbocycles. The Bertz CT molecular complexity index is 1070. The highest BCUT2D eigenvalue weighted by molar-refractivity contribution is 7.12. The maximum absolute atomic E-state index is 12.6. The van der Waals surface area contributed by atoms with Crippen LogP contribution in [0.25, 0.3) is 0 Å². The predicted octanol–water partition coefficient (Wildman–Crippen LogP) is 3.98. The summed E-state index contributed by atoms with van der Waals surface area (Å²) in [4.78, 5) is 49.1. The van der Waals surface area contributed by atoms with Crippen molar-refractivity contribution in [3.63, 3.8) is 0 Å². The number of anilines is 1. The molecule has 1 heterocycles. The number of esters is 1. The second kappa shape index (κ2) is 9.07. The lowest BCUT2D eigenvalue weighted by Crippen LogP contribution is -2.22. The van der Waals surface area contributed by atoms with Gasteiger partial charge in [0.25, 0.3) is 5.91 Å². The van der Waals surface area contributed by atoms with Gasteiger partial charge in [-0.25, -0.2) is 4.79 Å². The minimum absolute atomic E-state index is 0.0947. The number of ketones is 2. The van der Waals surface area contributed by atoms with Gasteiger partial charge in [0.2, 0.25) is 5.78 Å². The molecule has 146 valence electrons. The lowest BCUT2D eigenvalue weighted by atomic mass is 10.0. The molecule has 0 saturated heterocycles. The molecule has 1 amide bonds. The Balaban J connectivity index is 1.65. The number of amides is 1. The number of hydrogen-bond acceptors (Lipinski definition) is 6.